The maximum absolute atomic E-state index is 11.0. The predicted molar refractivity (Wildman–Crippen MR) is 55.8 cm³/mol. The minimum Gasteiger partial charge on any atom is -0.322 e. The SMILES string of the molecule is O=Cc1cc(-c2cccc(=O)[nH]2)cs1. The number of carbonyl (C=O) groups is 1. The van der Waals surface area contributed by atoms with Crippen molar-refractivity contribution in [3.63, 3.8) is 0 Å². The molecule has 0 aliphatic rings. The summed E-state index contributed by atoms with van der Waals surface area (Å²) in [6.45, 7) is 0. The second kappa shape index (κ2) is 3.59. The normalized spacial score (nSPS) is 10.0. The molecule has 0 saturated carbocycles. The van der Waals surface area contributed by atoms with E-state index in [4.69, 9.17) is 0 Å². The minimum atomic E-state index is -0.138. The van der Waals surface area contributed by atoms with Crippen molar-refractivity contribution >= 4 is 17.6 Å². The third kappa shape index (κ3) is 1.65. The summed E-state index contributed by atoms with van der Waals surface area (Å²) in [5.74, 6) is 0. The molecule has 0 saturated heterocycles. The van der Waals surface area contributed by atoms with Crippen LogP contribution in [-0.2, 0) is 0 Å². The molecule has 0 radical (unpaired) electrons. The first-order valence-corrected chi connectivity index (χ1v) is 4.91. The Kier molecular flexibility index (Phi) is 2.28. The number of pyridine rings is 1. The topological polar surface area (TPSA) is 49.9 Å². The number of H-pyrrole nitrogens is 1. The molecule has 0 amide bonds. The summed E-state index contributed by atoms with van der Waals surface area (Å²) >= 11 is 1.36. The lowest BCUT2D eigenvalue weighted by atomic mass is 10.2. The van der Waals surface area contributed by atoms with Gasteiger partial charge in [0.15, 0.2) is 6.29 Å². The number of aromatic nitrogens is 1. The number of hydrogen-bond donors (Lipinski definition) is 1. The molecule has 3 nitrogen and oxygen atoms in total. The molecule has 14 heavy (non-hydrogen) atoms. The zero-order valence-corrected chi connectivity index (χ0v) is 8.01. The van der Waals surface area contributed by atoms with Gasteiger partial charge in [0.1, 0.15) is 0 Å². The van der Waals surface area contributed by atoms with E-state index in [1.165, 1.54) is 17.4 Å². The summed E-state index contributed by atoms with van der Waals surface area (Å²) in [5.41, 5.74) is 1.47. The van der Waals surface area contributed by atoms with Gasteiger partial charge in [0, 0.05) is 22.7 Å². The standard InChI is InChI=1S/C10H7NO2S/c12-5-8-4-7(6-14-8)9-2-1-3-10(13)11-9/h1-6H,(H,11,13). The van der Waals surface area contributed by atoms with E-state index >= 15 is 0 Å². The van der Waals surface area contributed by atoms with Crippen LogP contribution >= 0.6 is 11.3 Å². The first kappa shape index (κ1) is 8.90. The van der Waals surface area contributed by atoms with E-state index in [0.717, 1.165) is 17.5 Å². The van der Waals surface area contributed by atoms with Crippen LogP contribution in [0.15, 0.2) is 34.4 Å². The minimum absolute atomic E-state index is 0.138. The lowest BCUT2D eigenvalue weighted by Gasteiger charge is -1.94. The molecule has 1 N–H and O–H groups in total. The van der Waals surface area contributed by atoms with Gasteiger partial charge in [0.2, 0.25) is 5.56 Å². The van der Waals surface area contributed by atoms with Gasteiger partial charge in [-0.25, -0.2) is 0 Å². The molecule has 70 valence electrons. The molecule has 0 bridgehead atoms. The Labute approximate surface area is 84.0 Å². The van der Waals surface area contributed by atoms with Crippen molar-refractivity contribution in [1.82, 2.24) is 4.98 Å². The molecule has 2 aromatic heterocycles. The number of rotatable bonds is 2. The van der Waals surface area contributed by atoms with Crippen LogP contribution in [0.3, 0.4) is 0 Å². The quantitative estimate of drug-likeness (QED) is 0.761. The summed E-state index contributed by atoms with van der Waals surface area (Å²) in [7, 11) is 0. The molecule has 0 aliphatic carbocycles. The second-order valence-electron chi connectivity index (χ2n) is 2.78. The molecule has 0 aliphatic heterocycles. The van der Waals surface area contributed by atoms with Gasteiger partial charge in [-0.2, -0.15) is 0 Å². The number of carbonyl (C=O) groups excluding carboxylic acids is 1. The van der Waals surface area contributed by atoms with Gasteiger partial charge in [0.05, 0.1) is 4.88 Å². The van der Waals surface area contributed by atoms with Crippen LogP contribution in [0.5, 0.6) is 0 Å². The van der Waals surface area contributed by atoms with E-state index in [-0.39, 0.29) is 5.56 Å². The lowest BCUT2D eigenvalue weighted by molar-refractivity contribution is 0.112. The molecule has 0 spiro atoms. The summed E-state index contributed by atoms with van der Waals surface area (Å²) in [4.78, 5) is 24.8. The smallest absolute Gasteiger partial charge is 0.248 e. The average Bonchev–Trinajstić information content (AvgIpc) is 2.66. The Morgan fingerprint density at radius 1 is 1.36 bits per heavy atom. The molecule has 0 aromatic carbocycles. The Bertz CT molecular complexity index is 513. The van der Waals surface area contributed by atoms with Gasteiger partial charge in [0.25, 0.3) is 0 Å². The number of thiophene rings is 1. The Hall–Kier alpha value is -1.68. The zero-order valence-electron chi connectivity index (χ0n) is 7.19. The second-order valence-corrected chi connectivity index (χ2v) is 3.73. The highest BCUT2D eigenvalue weighted by Crippen LogP contribution is 2.21. The highest BCUT2D eigenvalue weighted by atomic mass is 32.1. The molecule has 0 fully saturated rings. The van der Waals surface area contributed by atoms with E-state index in [1.807, 2.05) is 5.38 Å². The third-order valence-corrected chi connectivity index (χ3v) is 2.67. The largest absolute Gasteiger partial charge is 0.322 e. The highest BCUT2D eigenvalue weighted by molar-refractivity contribution is 7.12. The van der Waals surface area contributed by atoms with E-state index in [0.29, 0.717) is 4.88 Å². The maximum Gasteiger partial charge on any atom is 0.248 e. The van der Waals surface area contributed by atoms with Gasteiger partial charge in [-0.15, -0.1) is 11.3 Å². The van der Waals surface area contributed by atoms with Crippen LogP contribution < -0.4 is 5.56 Å². The van der Waals surface area contributed by atoms with Crippen molar-refractivity contribution in [2.75, 3.05) is 0 Å². The number of nitrogens with one attached hydrogen (secondary N) is 1. The average molecular weight is 205 g/mol. The van der Waals surface area contributed by atoms with Gasteiger partial charge < -0.3 is 4.98 Å². The Morgan fingerprint density at radius 2 is 2.21 bits per heavy atom. The maximum atomic E-state index is 11.0. The van der Waals surface area contributed by atoms with E-state index in [1.54, 1.807) is 18.2 Å². The van der Waals surface area contributed by atoms with Crippen molar-refractivity contribution < 1.29 is 4.79 Å². The summed E-state index contributed by atoms with van der Waals surface area (Å²) in [5, 5.41) is 1.84. The first-order chi connectivity index (χ1) is 6.79. The van der Waals surface area contributed by atoms with Gasteiger partial charge in [-0.3, -0.25) is 9.59 Å². The molecular formula is C10H7NO2S. The molecule has 2 aromatic rings. The van der Waals surface area contributed by atoms with Crippen molar-refractivity contribution in [3.8, 4) is 11.3 Å². The van der Waals surface area contributed by atoms with Gasteiger partial charge in [-0.1, -0.05) is 6.07 Å². The monoisotopic (exact) mass is 205 g/mol. The van der Waals surface area contributed by atoms with Crippen LogP contribution in [0.25, 0.3) is 11.3 Å². The summed E-state index contributed by atoms with van der Waals surface area (Å²) in [6, 6.07) is 6.70. The predicted octanol–water partition coefficient (Wildman–Crippen LogP) is 1.92. The van der Waals surface area contributed by atoms with E-state index in [2.05, 4.69) is 4.98 Å². The molecule has 2 heterocycles. The molecular weight excluding hydrogens is 198 g/mol. The number of aromatic amines is 1. The molecule has 4 heteroatoms. The summed E-state index contributed by atoms with van der Waals surface area (Å²) < 4.78 is 0. The lowest BCUT2D eigenvalue weighted by Crippen LogP contribution is -2.02. The van der Waals surface area contributed by atoms with Crippen LogP contribution in [0.1, 0.15) is 9.67 Å². The molecule has 2 rings (SSSR count). The third-order valence-electron chi connectivity index (χ3n) is 1.82. The molecule has 0 atom stereocenters. The van der Waals surface area contributed by atoms with Crippen LogP contribution in [0.2, 0.25) is 0 Å². The highest BCUT2D eigenvalue weighted by Gasteiger charge is 2.01. The van der Waals surface area contributed by atoms with Crippen LogP contribution in [0.4, 0.5) is 0 Å². The fourth-order valence-electron chi connectivity index (χ4n) is 1.17. The molecule has 0 unspecified atom stereocenters. The van der Waals surface area contributed by atoms with Crippen molar-refractivity contribution in [2.24, 2.45) is 0 Å². The fraction of sp³-hybridized carbons (Fsp3) is 0. The van der Waals surface area contributed by atoms with Crippen LogP contribution in [0, 0.1) is 0 Å². The van der Waals surface area contributed by atoms with Crippen LogP contribution in [-0.4, -0.2) is 11.3 Å². The fourth-order valence-corrected chi connectivity index (χ4v) is 1.88. The van der Waals surface area contributed by atoms with Crippen molar-refractivity contribution in [1.29, 1.82) is 0 Å². The van der Waals surface area contributed by atoms with Gasteiger partial charge in [-0.05, 0) is 12.1 Å². The van der Waals surface area contributed by atoms with Crippen molar-refractivity contribution in [2.45, 2.75) is 0 Å². The Morgan fingerprint density at radius 3 is 2.86 bits per heavy atom. The number of aldehydes is 1. The van der Waals surface area contributed by atoms with Crippen molar-refractivity contribution in [3.05, 3.63) is 44.9 Å². The van der Waals surface area contributed by atoms with E-state index < -0.39 is 0 Å². The number of hydrogen-bond acceptors (Lipinski definition) is 3. The Balaban J connectivity index is 2.49. The van der Waals surface area contributed by atoms with Gasteiger partial charge >= 0.3 is 0 Å². The first-order valence-electron chi connectivity index (χ1n) is 4.03. The van der Waals surface area contributed by atoms with E-state index in [9.17, 15) is 9.59 Å². The summed E-state index contributed by atoms with van der Waals surface area (Å²) in [6.07, 6.45) is 0.801. The zero-order chi connectivity index (χ0) is 9.97.